The Bertz CT molecular complexity index is 543. The van der Waals surface area contributed by atoms with Crippen LogP contribution in [0.5, 0.6) is 0 Å². The van der Waals surface area contributed by atoms with E-state index in [9.17, 15) is 4.79 Å². The molecule has 1 heterocycles. The molecule has 5 nitrogen and oxygen atoms in total. The van der Waals surface area contributed by atoms with E-state index in [1.807, 2.05) is 19.2 Å². The number of hydrogen-bond donors (Lipinski definition) is 3. The minimum atomic E-state index is -0.149. The van der Waals surface area contributed by atoms with Gasteiger partial charge in [0.1, 0.15) is 0 Å². The third-order valence-corrected chi connectivity index (χ3v) is 2.79. The molecule has 0 fully saturated rings. The maximum Gasteiger partial charge on any atom is 0.323 e. The SMILES string of the molecule is CNCN(C)CCc1ccc2[nH]c(=O)[nH]c2c1. The van der Waals surface area contributed by atoms with E-state index in [-0.39, 0.29) is 5.69 Å². The van der Waals surface area contributed by atoms with E-state index in [1.165, 1.54) is 5.56 Å². The summed E-state index contributed by atoms with van der Waals surface area (Å²) < 4.78 is 0. The summed E-state index contributed by atoms with van der Waals surface area (Å²) in [6.07, 6.45) is 0.974. The fourth-order valence-electron chi connectivity index (χ4n) is 1.90. The standard InChI is InChI=1S/C12H18N4O/c1-13-8-16(2)6-5-9-3-4-10-11(7-9)15-12(17)14-10/h3-4,7,13H,5-6,8H2,1-2H3,(H2,14,15,17). The molecular weight excluding hydrogens is 216 g/mol. The third kappa shape index (κ3) is 2.95. The summed E-state index contributed by atoms with van der Waals surface area (Å²) >= 11 is 0. The van der Waals surface area contributed by atoms with Crippen LogP contribution in [0.2, 0.25) is 0 Å². The Morgan fingerprint density at radius 2 is 2.06 bits per heavy atom. The van der Waals surface area contributed by atoms with Gasteiger partial charge in [-0.2, -0.15) is 0 Å². The van der Waals surface area contributed by atoms with Crippen LogP contribution < -0.4 is 11.0 Å². The first-order valence-electron chi connectivity index (χ1n) is 5.73. The topological polar surface area (TPSA) is 63.9 Å². The van der Waals surface area contributed by atoms with Crippen molar-refractivity contribution in [1.82, 2.24) is 20.2 Å². The van der Waals surface area contributed by atoms with Gasteiger partial charge >= 0.3 is 5.69 Å². The summed E-state index contributed by atoms with van der Waals surface area (Å²) in [4.78, 5) is 18.9. The van der Waals surface area contributed by atoms with Crippen LogP contribution in [0.4, 0.5) is 0 Å². The molecule has 1 aromatic carbocycles. The highest BCUT2D eigenvalue weighted by Gasteiger charge is 2.01. The molecule has 3 N–H and O–H groups in total. The first-order chi connectivity index (χ1) is 8.19. The van der Waals surface area contributed by atoms with Gasteiger partial charge in [-0.15, -0.1) is 0 Å². The summed E-state index contributed by atoms with van der Waals surface area (Å²) in [5, 5.41) is 3.11. The van der Waals surface area contributed by atoms with E-state index >= 15 is 0 Å². The van der Waals surface area contributed by atoms with E-state index in [1.54, 1.807) is 0 Å². The summed E-state index contributed by atoms with van der Waals surface area (Å²) in [5.41, 5.74) is 2.83. The Morgan fingerprint density at radius 3 is 2.82 bits per heavy atom. The molecule has 0 aliphatic rings. The number of imidazole rings is 1. The van der Waals surface area contributed by atoms with E-state index in [4.69, 9.17) is 0 Å². The fourth-order valence-corrected chi connectivity index (χ4v) is 1.90. The van der Waals surface area contributed by atoms with Gasteiger partial charge in [0, 0.05) is 13.2 Å². The lowest BCUT2D eigenvalue weighted by molar-refractivity contribution is 0.321. The molecule has 0 atom stereocenters. The molecule has 0 spiro atoms. The zero-order valence-corrected chi connectivity index (χ0v) is 10.2. The van der Waals surface area contributed by atoms with Crippen LogP contribution in [0.25, 0.3) is 11.0 Å². The first kappa shape index (κ1) is 11.9. The minimum Gasteiger partial charge on any atom is -0.307 e. The maximum atomic E-state index is 11.1. The zero-order chi connectivity index (χ0) is 12.3. The number of rotatable bonds is 5. The van der Waals surface area contributed by atoms with Crippen molar-refractivity contribution < 1.29 is 0 Å². The molecule has 92 valence electrons. The van der Waals surface area contributed by atoms with Crippen molar-refractivity contribution in [2.75, 3.05) is 27.3 Å². The molecular formula is C12H18N4O. The zero-order valence-electron chi connectivity index (χ0n) is 10.2. The summed E-state index contributed by atoms with van der Waals surface area (Å²) in [6, 6.07) is 6.03. The van der Waals surface area contributed by atoms with Crippen LogP contribution >= 0.6 is 0 Å². The van der Waals surface area contributed by atoms with Gasteiger partial charge < -0.3 is 15.3 Å². The molecule has 0 amide bonds. The average molecular weight is 234 g/mol. The number of hydrogen-bond acceptors (Lipinski definition) is 3. The predicted octanol–water partition coefficient (Wildman–Crippen LogP) is 0.507. The molecule has 0 saturated carbocycles. The lowest BCUT2D eigenvalue weighted by atomic mass is 10.1. The monoisotopic (exact) mass is 234 g/mol. The van der Waals surface area contributed by atoms with Gasteiger partial charge in [-0.05, 0) is 38.2 Å². The summed E-state index contributed by atoms with van der Waals surface area (Å²) in [6.45, 7) is 1.87. The first-order valence-corrected chi connectivity index (χ1v) is 5.73. The summed E-state index contributed by atoms with van der Waals surface area (Å²) in [7, 11) is 4.01. The Labute approximate surface area is 99.8 Å². The van der Waals surface area contributed by atoms with E-state index < -0.39 is 0 Å². The predicted molar refractivity (Wildman–Crippen MR) is 69.2 cm³/mol. The molecule has 0 aliphatic carbocycles. The van der Waals surface area contributed by atoms with Crippen LogP contribution in [0.1, 0.15) is 5.56 Å². The molecule has 2 rings (SSSR count). The van der Waals surface area contributed by atoms with Crippen LogP contribution in [-0.2, 0) is 6.42 Å². The normalized spacial score (nSPS) is 11.5. The van der Waals surface area contributed by atoms with Gasteiger partial charge in [0.2, 0.25) is 0 Å². The number of fused-ring (bicyclic) bond motifs is 1. The molecule has 1 aromatic heterocycles. The van der Waals surface area contributed by atoms with Gasteiger partial charge in [-0.3, -0.25) is 4.90 Å². The second kappa shape index (κ2) is 5.16. The highest BCUT2D eigenvalue weighted by Crippen LogP contribution is 2.10. The Morgan fingerprint density at radius 1 is 1.29 bits per heavy atom. The second-order valence-electron chi connectivity index (χ2n) is 4.30. The lowest BCUT2D eigenvalue weighted by Crippen LogP contribution is -2.30. The van der Waals surface area contributed by atoms with Gasteiger partial charge in [0.15, 0.2) is 0 Å². The van der Waals surface area contributed by atoms with Crippen LogP contribution in [-0.4, -0.2) is 42.2 Å². The largest absolute Gasteiger partial charge is 0.323 e. The van der Waals surface area contributed by atoms with Gasteiger partial charge in [0.05, 0.1) is 11.0 Å². The maximum absolute atomic E-state index is 11.1. The quantitative estimate of drug-likeness (QED) is 0.660. The van der Waals surface area contributed by atoms with Crippen LogP contribution in [0, 0.1) is 0 Å². The lowest BCUT2D eigenvalue weighted by Gasteiger charge is -2.15. The molecule has 0 unspecified atom stereocenters. The van der Waals surface area contributed by atoms with Gasteiger partial charge in [-0.25, -0.2) is 4.79 Å². The second-order valence-corrected chi connectivity index (χ2v) is 4.30. The highest BCUT2D eigenvalue weighted by atomic mass is 16.1. The number of H-pyrrole nitrogens is 2. The molecule has 0 saturated heterocycles. The van der Waals surface area contributed by atoms with Crippen LogP contribution in [0.3, 0.4) is 0 Å². The van der Waals surface area contributed by atoms with Crippen LogP contribution in [0.15, 0.2) is 23.0 Å². The number of aromatic nitrogens is 2. The van der Waals surface area contributed by atoms with Crippen molar-refractivity contribution in [2.45, 2.75) is 6.42 Å². The highest BCUT2D eigenvalue weighted by molar-refractivity contribution is 5.74. The van der Waals surface area contributed by atoms with E-state index in [0.717, 1.165) is 30.7 Å². The van der Waals surface area contributed by atoms with Crippen molar-refractivity contribution in [2.24, 2.45) is 0 Å². The van der Waals surface area contributed by atoms with Crippen molar-refractivity contribution in [1.29, 1.82) is 0 Å². The Hall–Kier alpha value is -1.59. The smallest absolute Gasteiger partial charge is 0.307 e. The molecule has 0 radical (unpaired) electrons. The number of likely N-dealkylation sites (N-methyl/N-ethyl adjacent to an activating group) is 1. The number of nitrogens with one attached hydrogen (secondary N) is 3. The molecule has 2 aromatic rings. The molecule has 0 bridgehead atoms. The summed E-state index contributed by atoms with van der Waals surface area (Å²) in [5.74, 6) is 0. The van der Waals surface area contributed by atoms with Gasteiger partial charge in [-0.1, -0.05) is 6.07 Å². The van der Waals surface area contributed by atoms with Gasteiger partial charge in [0.25, 0.3) is 0 Å². The van der Waals surface area contributed by atoms with E-state index in [0.29, 0.717) is 0 Å². The fraction of sp³-hybridized carbons (Fsp3) is 0.417. The van der Waals surface area contributed by atoms with Crippen molar-refractivity contribution in [3.8, 4) is 0 Å². The Kier molecular flexibility index (Phi) is 3.61. The number of benzene rings is 1. The molecule has 17 heavy (non-hydrogen) atoms. The van der Waals surface area contributed by atoms with Crippen molar-refractivity contribution in [3.63, 3.8) is 0 Å². The van der Waals surface area contributed by atoms with Crippen molar-refractivity contribution in [3.05, 3.63) is 34.2 Å². The number of aromatic amines is 2. The van der Waals surface area contributed by atoms with Crippen molar-refractivity contribution >= 4 is 11.0 Å². The average Bonchev–Trinajstić information content (AvgIpc) is 2.66. The minimum absolute atomic E-state index is 0.149. The van der Waals surface area contributed by atoms with E-state index in [2.05, 4.69) is 33.3 Å². The number of nitrogens with zero attached hydrogens (tertiary/aromatic N) is 1. The Balaban J connectivity index is 2.06. The molecule has 5 heteroatoms. The third-order valence-electron chi connectivity index (χ3n) is 2.79. The molecule has 0 aliphatic heterocycles.